The average molecular weight is 304 g/mol. The third kappa shape index (κ3) is 3.56. The van der Waals surface area contributed by atoms with Crippen LogP contribution >= 0.6 is 0 Å². The van der Waals surface area contributed by atoms with Crippen molar-refractivity contribution in [2.45, 2.75) is 18.2 Å². The Kier molecular flexibility index (Phi) is 5.26. The molecule has 1 rings (SSSR count). The van der Waals surface area contributed by atoms with E-state index in [1.165, 1.54) is 14.0 Å². The molecular weight excluding hydrogens is 284 g/mol. The first-order valence-electron chi connectivity index (χ1n) is 6.07. The molecule has 0 bridgehead atoms. The Bertz CT molecular complexity index is 579. The molecule has 2 N–H and O–H groups in total. The van der Waals surface area contributed by atoms with Gasteiger partial charge in [-0.05, 0) is 34.0 Å². The van der Waals surface area contributed by atoms with Gasteiger partial charge in [-0.2, -0.15) is 5.10 Å². The fourth-order valence-electron chi connectivity index (χ4n) is 1.77. The van der Waals surface area contributed by atoms with Gasteiger partial charge < -0.3 is 10.0 Å². The maximum absolute atomic E-state index is 12.4. The van der Waals surface area contributed by atoms with Crippen molar-refractivity contribution in [1.82, 2.24) is 19.4 Å². The average Bonchev–Trinajstić information content (AvgIpc) is 2.71. The third-order valence-corrected chi connectivity index (χ3v) is 4.86. The number of aromatic amines is 1. The summed E-state index contributed by atoms with van der Waals surface area (Å²) >= 11 is 0. The lowest BCUT2D eigenvalue weighted by Crippen LogP contribution is -2.31. The van der Waals surface area contributed by atoms with Crippen LogP contribution in [-0.4, -0.2) is 73.1 Å². The van der Waals surface area contributed by atoms with Gasteiger partial charge in [-0.15, -0.1) is 0 Å². The van der Waals surface area contributed by atoms with Crippen LogP contribution in [0.2, 0.25) is 0 Å². The third-order valence-electron chi connectivity index (χ3n) is 2.84. The van der Waals surface area contributed by atoms with Crippen LogP contribution in [0.5, 0.6) is 0 Å². The molecule has 0 radical (unpaired) electrons. The van der Waals surface area contributed by atoms with Crippen molar-refractivity contribution in [3.63, 3.8) is 0 Å². The van der Waals surface area contributed by atoms with Gasteiger partial charge in [0.05, 0.1) is 5.69 Å². The van der Waals surface area contributed by atoms with E-state index in [4.69, 9.17) is 5.11 Å². The molecule has 0 amide bonds. The number of carboxylic acids is 1. The van der Waals surface area contributed by atoms with Crippen LogP contribution in [0, 0.1) is 6.92 Å². The number of aromatic carboxylic acids is 1. The molecule has 0 aliphatic heterocycles. The van der Waals surface area contributed by atoms with Gasteiger partial charge in [0.25, 0.3) is 0 Å². The van der Waals surface area contributed by atoms with Crippen LogP contribution in [0.25, 0.3) is 0 Å². The number of carboxylic acid groups (broad SMARTS) is 1. The number of carbonyl (C=O) groups is 1. The number of hydrogen-bond donors (Lipinski definition) is 2. The molecule has 114 valence electrons. The number of hydrogen-bond acceptors (Lipinski definition) is 5. The summed E-state index contributed by atoms with van der Waals surface area (Å²) in [6, 6.07) is 0. The van der Waals surface area contributed by atoms with Crippen LogP contribution in [-0.2, 0) is 10.0 Å². The standard InChI is InChI=1S/C11H20N4O4S/c1-8-10(9(11(16)17)13-12-8)20(18,19)15(4)7-5-6-14(2)3/h5-7H2,1-4H3,(H,12,13)(H,16,17). The minimum absolute atomic E-state index is 0.224. The number of H-pyrrole nitrogens is 1. The van der Waals surface area contributed by atoms with E-state index in [-0.39, 0.29) is 10.6 Å². The van der Waals surface area contributed by atoms with Crippen molar-refractivity contribution in [2.24, 2.45) is 0 Å². The number of rotatable bonds is 7. The van der Waals surface area contributed by atoms with Crippen molar-refractivity contribution in [3.05, 3.63) is 11.4 Å². The molecule has 8 nitrogen and oxygen atoms in total. The highest BCUT2D eigenvalue weighted by Gasteiger charge is 2.31. The van der Waals surface area contributed by atoms with Crippen LogP contribution < -0.4 is 0 Å². The van der Waals surface area contributed by atoms with Gasteiger partial charge in [0.2, 0.25) is 10.0 Å². The van der Waals surface area contributed by atoms with Crippen molar-refractivity contribution >= 4 is 16.0 Å². The quantitative estimate of drug-likeness (QED) is 0.733. The molecule has 0 aromatic carbocycles. The second-order valence-electron chi connectivity index (χ2n) is 4.81. The predicted octanol–water partition coefficient (Wildman–Crippen LogP) is -0.0115. The summed E-state index contributed by atoms with van der Waals surface area (Å²) < 4.78 is 26.0. The molecule has 0 fully saturated rings. The maximum Gasteiger partial charge on any atom is 0.357 e. The summed E-state index contributed by atoms with van der Waals surface area (Å²) in [5.74, 6) is -1.37. The van der Waals surface area contributed by atoms with E-state index >= 15 is 0 Å². The second kappa shape index (κ2) is 6.33. The first-order valence-corrected chi connectivity index (χ1v) is 7.51. The smallest absolute Gasteiger partial charge is 0.357 e. The molecule has 1 aromatic rings. The van der Waals surface area contributed by atoms with Crippen molar-refractivity contribution in [1.29, 1.82) is 0 Å². The lowest BCUT2D eigenvalue weighted by Gasteiger charge is -2.18. The molecule has 0 aliphatic rings. The lowest BCUT2D eigenvalue weighted by molar-refractivity contribution is 0.0686. The van der Waals surface area contributed by atoms with Gasteiger partial charge in [0.1, 0.15) is 4.90 Å². The highest BCUT2D eigenvalue weighted by molar-refractivity contribution is 7.89. The Morgan fingerprint density at radius 3 is 2.40 bits per heavy atom. The molecule has 0 atom stereocenters. The summed E-state index contributed by atoms with van der Waals surface area (Å²) in [5.41, 5.74) is -0.246. The van der Waals surface area contributed by atoms with E-state index in [1.807, 2.05) is 19.0 Å². The molecule has 9 heteroatoms. The molecule has 20 heavy (non-hydrogen) atoms. The fourth-order valence-corrected chi connectivity index (χ4v) is 3.26. The minimum Gasteiger partial charge on any atom is -0.476 e. The summed E-state index contributed by atoms with van der Waals surface area (Å²) in [6.07, 6.45) is 0.655. The largest absolute Gasteiger partial charge is 0.476 e. The van der Waals surface area contributed by atoms with Gasteiger partial charge >= 0.3 is 5.97 Å². The Morgan fingerprint density at radius 2 is 1.90 bits per heavy atom. The Hall–Kier alpha value is -1.45. The molecular formula is C11H20N4O4S. The van der Waals surface area contributed by atoms with Gasteiger partial charge in [0.15, 0.2) is 5.69 Å². The molecule has 0 spiro atoms. The zero-order valence-corrected chi connectivity index (χ0v) is 12.9. The van der Waals surface area contributed by atoms with E-state index in [9.17, 15) is 13.2 Å². The SMILES string of the molecule is Cc1[nH]nc(C(=O)O)c1S(=O)(=O)N(C)CCCN(C)C. The van der Waals surface area contributed by atoms with Crippen LogP contribution in [0.4, 0.5) is 0 Å². The minimum atomic E-state index is -3.86. The molecule has 0 unspecified atom stereocenters. The molecule has 0 saturated carbocycles. The Balaban J connectivity index is 2.99. The summed E-state index contributed by atoms with van der Waals surface area (Å²) in [5, 5.41) is 14.9. The van der Waals surface area contributed by atoms with E-state index in [1.54, 1.807) is 0 Å². The van der Waals surface area contributed by atoms with E-state index in [0.717, 1.165) is 10.8 Å². The number of aryl methyl sites for hydroxylation is 1. The van der Waals surface area contributed by atoms with Crippen LogP contribution in [0.1, 0.15) is 22.6 Å². The van der Waals surface area contributed by atoms with Crippen molar-refractivity contribution < 1.29 is 18.3 Å². The molecule has 0 saturated heterocycles. The monoisotopic (exact) mass is 304 g/mol. The number of nitrogens with one attached hydrogen (secondary N) is 1. The highest BCUT2D eigenvalue weighted by atomic mass is 32.2. The molecule has 1 aromatic heterocycles. The summed E-state index contributed by atoms with van der Waals surface area (Å²) in [4.78, 5) is 12.7. The zero-order valence-electron chi connectivity index (χ0n) is 12.0. The highest BCUT2D eigenvalue weighted by Crippen LogP contribution is 2.21. The number of sulfonamides is 1. The topological polar surface area (TPSA) is 107 Å². The van der Waals surface area contributed by atoms with Gasteiger partial charge in [-0.1, -0.05) is 0 Å². The van der Waals surface area contributed by atoms with Crippen molar-refractivity contribution in [3.8, 4) is 0 Å². The van der Waals surface area contributed by atoms with E-state index in [0.29, 0.717) is 13.0 Å². The first-order chi connectivity index (χ1) is 9.17. The van der Waals surface area contributed by atoms with E-state index < -0.39 is 21.7 Å². The normalized spacial score (nSPS) is 12.3. The lowest BCUT2D eigenvalue weighted by atomic mass is 10.4. The van der Waals surface area contributed by atoms with Crippen LogP contribution in [0.15, 0.2) is 4.90 Å². The summed E-state index contributed by atoms with van der Waals surface area (Å²) in [6.45, 7) is 2.54. The Labute approximate surface area is 118 Å². The van der Waals surface area contributed by atoms with Crippen LogP contribution in [0.3, 0.4) is 0 Å². The first kappa shape index (κ1) is 16.6. The molecule has 0 aliphatic carbocycles. The van der Waals surface area contributed by atoms with E-state index in [2.05, 4.69) is 10.2 Å². The fraction of sp³-hybridized carbons (Fsp3) is 0.636. The molecule has 1 heterocycles. The van der Waals surface area contributed by atoms with Crippen molar-refractivity contribution in [2.75, 3.05) is 34.2 Å². The van der Waals surface area contributed by atoms with Gasteiger partial charge in [-0.3, -0.25) is 5.10 Å². The summed E-state index contributed by atoms with van der Waals surface area (Å²) in [7, 11) is 1.37. The second-order valence-corrected chi connectivity index (χ2v) is 6.80. The zero-order chi connectivity index (χ0) is 15.5. The number of nitrogens with zero attached hydrogens (tertiary/aromatic N) is 3. The maximum atomic E-state index is 12.4. The van der Waals surface area contributed by atoms with Gasteiger partial charge in [-0.25, -0.2) is 17.5 Å². The number of aromatic nitrogens is 2. The Morgan fingerprint density at radius 1 is 1.30 bits per heavy atom. The predicted molar refractivity (Wildman–Crippen MR) is 73.3 cm³/mol. The van der Waals surface area contributed by atoms with Gasteiger partial charge in [0, 0.05) is 13.6 Å².